The van der Waals surface area contributed by atoms with Gasteiger partial charge < -0.3 is 9.63 Å². The lowest BCUT2D eigenvalue weighted by Crippen LogP contribution is -2.04. The molecule has 0 aliphatic carbocycles. The molecule has 0 fully saturated rings. The number of aryl methyl sites for hydroxylation is 3. The summed E-state index contributed by atoms with van der Waals surface area (Å²) in [6, 6.07) is 5.66. The number of aliphatic carboxylic acids is 1. The van der Waals surface area contributed by atoms with E-state index in [1.54, 1.807) is 0 Å². The van der Waals surface area contributed by atoms with Gasteiger partial charge in [0.05, 0.1) is 29.9 Å². The summed E-state index contributed by atoms with van der Waals surface area (Å²) in [5.41, 5.74) is 4.47. The molecule has 0 unspecified atom stereocenters. The third-order valence-electron chi connectivity index (χ3n) is 3.85. The van der Waals surface area contributed by atoms with Crippen molar-refractivity contribution in [2.45, 2.75) is 33.7 Å². The number of nitrogens with zero attached hydrogens (tertiary/aromatic N) is 3. The highest BCUT2D eigenvalue weighted by atomic mass is 16.5. The number of carbonyl (C=O) groups is 1. The topological polar surface area (TPSA) is 81.2 Å². The lowest BCUT2D eigenvalue weighted by Gasteiger charge is -2.04. The summed E-state index contributed by atoms with van der Waals surface area (Å²) in [7, 11) is 0. The van der Waals surface area contributed by atoms with Crippen molar-refractivity contribution in [3.8, 4) is 0 Å². The summed E-state index contributed by atoms with van der Waals surface area (Å²) >= 11 is 0. The molecule has 1 aromatic carbocycles. The minimum atomic E-state index is -0.840. The molecule has 0 spiro atoms. The van der Waals surface area contributed by atoms with Gasteiger partial charge in [0.2, 0.25) is 0 Å². The Kier molecular flexibility index (Phi) is 3.44. The molecule has 22 heavy (non-hydrogen) atoms. The van der Waals surface area contributed by atoms with Crippen LogP contribution < -0.4 is 0 Å². The van der Waals surface area contributed by atoms with Gasteiger partial charge in [0.25, 0.3) is 0 Å². The second kappa shape index (κ2) is 5.29. The number of carboxylic acids is 1. The third-order valence-corrected chi connectivity index (χ3v) is 3.85. The molecule has 0 aliphatic rings. The smallest absolute Gasteiger partial charge is 0.307 e. The minimum absolute atomic E-state index is 0.00545. The standard InChI is InChI=1S/C16H17N3O3/c1-9-13-5-4-12(7-16(20)21)6-15(13)19(17-9)8-14-10(2)18-22-11(14)3/h4-6H,7-8H2,1-3H3,(H,20,21). The maximum absolute atomic E-state index is 10.9. The fourth-order valence-electron chi connectivity index (χ4n) is 2.67. The molecule has 0 radical (unpaired) electrons. The van der Waals surface area contributed by atoms with Crippen LogP contribution >= 0.6 is 0 Å². The second-order valence-electron chi connectivity index (χ2n) is 5.47. The zero-order valence-corrected chi connectivity index (χ0v) is 12.8. The molecule has 1 N–H and O–H groups in total. The van der Waals surface area contributed by atoms with E-state index in [4.69, 9.17) is 9.63 Å². The summed E-state index contributed by atoms with van der Waals surface area (Å²) in [4.78, 5) is 10.9. The first-order valence-corrected chi connectivity index (χ1v) is 7.05. The van der Waals surface area contributed by atoms with E-state index in [9.17, 15) is 4.79 Å². The first-order chi connectivity index (χ1) is 10.5. The lowest BCUT2D eigenvalue weighted by atomic mass is 10.1. The molecule has 2 heterocycles. The van der Waals surface area contributed by atoms with Crippen LogP contribution in [0.15, 0.2) is 22.7 Å². The monoisotopic (exact) mass is 299 g/mol. The van der Waals surface area contributed by atoms with Crippen LogP contribution in [0.1, 0.15) is 28.3 Å². The Morgan fingerprint density at radius 3 is 2.68 bits per heavy atom. The lowest BCUT2D eigenvalue weighted by molar-refractivity contribution is -0.136. The molecular formula is C16H17N3O3. The van der Waals surface area contributed by atoms with Gasteiger partial charge in [-0.05, 0) is 32.4 Å². The predicted molar refractivity (Wildman–Crippen MR) is 80.9 cm³/mol. The molecule has 0 bridgehead atoms. The van der Waals surface area contributed by atoms with Crippen LogP contribution in [-0.4, -0.2) is 26.0 Å². The fourth-order valence-corrected chi connectivity index (χ4v) is 2.67. The fraction of sp³-hybridized carbons (Fsp3) is 0.312. The van der Waals surface area contributed by atoms with Crippen molar-refractivity contribution in [2.75, 3.05) is 0 Å². The summed E-state index contributed by atoms with van der Waals surface area (Å²) < 4.78 is 7.07. The van der Waals surface area contributed by atoms with Crippen molar-refractivity contribution >= 4 is 16.9 Å². The van der Waals surface area contributed by atoms with E-state index in [2.05, 4.69) is 10.3 Å². The Balaban J connectivity index is 2.07. The predicted octanol–water partition coefficient (Wildman–Crippen LogP) is 2.62. The molecule has 114 valence electrons. The van der Waals surface area contributed by atoms with E-state index in [-0.39, 0.29) is 6.42 Å². The Labute approximate surface area is 127 Å². The molecular weight excluding hydrogens is 282 g/mol. The Hall–Kier alpha value is -2.63. The average molecular weight is 299 g/mol. The normalized spacial score (nSPS) is 11.2. The SMILES string of the molecule is Cc1noc(C)c1Cn1nc(C)c2ccc(CC(=O)O)cc21. The molecule has 3 aromatic rings. The zero-order valence-electron chi connectivity index (χ0n) is 12.8. The van der Waals surface area contributed by atoms with E-state index < -0.39 is 5.97 Å². The zero-order chi connectivity index (χ0) is 15.9. The third kappa shape index (κ3) is 2.47. The van der Waals surface area contributed by atoms with Gasteiger partial charge in [-0.3, -0.25) is 9.48 Å². The summed E-state index contributed by atoms with van der Waals surface area (Å²) in [6.07, 6.45) is 0.00545. The van der Waals surface area contributed by atoms with Gasteiger partial charge in [-0.2, -0.15) is 5.10 Å². The van der Waals surface area contributed by atoms with Crippen LogP contribution in [-0.2, 0) is 17.8 Å². The molecule has 0 aliphatic heterocycles. The molecule has 2 aromatic heterocycles. The second-order valence-corrected chi connectivity index (χ2v) is 5.47. The number of hydrogen-bond donors (Lipinski definition) is 1. The van der Waals surface area contributed by atoms with Gasteiger partial charge in [-0.15, -0.1) is 0 Å². The Morgan fingerprint density at radius 1 is 1.27 bits per heavy atom. The highest BCUT2D eigenvalue weighted by molar-refractivity contribution is 5.83. The van der Waals surface area contributed by atoms with E-state index in [0.29, 0.717) is 6.54 Å². The maximum atomic E-state index is 10.9. The van der Waals surface area contributed by atoms with Crippen LogP contribution in [0.25, 0.3) is 10.9 Å². The average Bonchev–Trinajstić information content (AvgIpc) is 2.93. The van der Waals surface area contributed by atoms with Crippen molar-refractivity contribution in [1.82, 2.24) is 14.9 Å². The minimum Gasteiger partial charge on any atom is -0.481 e. The number of hydrogen-bond acceptors (Lipinski definition) is 4. The molecule has 0 amide bonds. The number of fused-ring (bicyclic) bond motifs is 1. The van der Waals surface area contributed by atoms with E-state index in [1.165, 1.54) is 0 Å². The number of benzene rings is 1. The van der Waals surface area contributed by atoms with Crippen molar-refractivity contribution in [1.29, 1.82) is 0 Å². The van der Waals surface area contributed by atoms with Crippen LogP contribution in [0.4, 0.5) is 0 Å². The first kappa shape index (κ1) is 14.3. The maximum Gasteiger partial charge on any atom is 0.307 e. The number of rotatable bonds is 4. The summed E-state index contributed by atoms with van der Waals surface area (Å²) in [5, 5.41) is 18.5. The number of carboxylic acid groups (broad SMARTS) is 1. The van der Waals surface area contributed by atoms with Crippen molar-refractivity contribution in [3.63, 3.8) is 0 Å². The van der Waals surface area contributed by atoms with Gasteiger partial charge in [0.1, 0.15) is 5.76 Å². The molecule has 6 heteroatoms. The largest absolute Gasteiger partial charge is 0.481 e. The van der Waals surface area contributed by atoms with Gasteiger partial charge in [0, 0.05) is 10.9 Å². The summed E-state index contributed by atoms with van der Waals surface area (Å²) in [6.45, 7) is 6.29. The van der Waals surface area contributed by atoms with Crippen molar-refractivity contribution in [3.05, 3.63) is 46.5 Å². The summed E-state index contributed by atoms with van der Waals surface area (Å²) in [5.74, 6) is -0.0617. The van der Waals surface area contributed by atoms with Crippen LogP contribution in [0, 0.1) is 20.8 Å². The van der Waals surface area contributed by atoms with Crippen LogP contribution in [0.2, 0.25) is 0 Å². The van der Waals surface area contributed by atoms with Gasteiger partial charge >= 0.3 is 5.97 Å². The number of aromatic nitrogens is 3. The highest BCUT2D eigenvalue weighted by Crippen LogP contribution is 2.22. The molecule has 0 saturated heterocycles. The molecule has 0 saturated carbocycles. The molecule has 6 nitrogen and oxygen atoms in total. The van der Waals surface area contributed by atoms with Gasteiger partial charge in [-0.1, -0.05) is 17.3 Å². The van der Waals surface area contributed by atoms with Crippen LogP contribution in [0.5, 0.6) is 0 Å². The van der Waals surface area contributed by atoms with Crippen molar-refractivity contribution < 1.29 is 14.4 Å². The first-order valence-electron chi connectivity index (χ1n) is 7.05. The van der Waals surface area contributed by atoms with E-state index in [1.807, 2.05) is 43.7 Å². The Bertz CT molecular complexity index is 842. The highest BCUT2D eigenvalue weighted by Gasteiger charge is 2.14. The Morgan fingerprint density at radius 2 is 2.05 bits per heavy atom. The van der Waals surface area contributed by atoms with Crippen molar-refractivity contribution in [2.24, 2.45) is 0 Å². The molecule has 3 rings (SSSR count). The van der Waals surface area contributed by atoms with Gasteiger partial charge in [-0.25, -0.2) is 0 Å². The molecule has 0 atom stereocenters. The van der Waals surface area contributed by atoms with E-state index in [0.717, 1.165) is 39.2 Å². The van der Waals surface area contributed by atoms with Crippen LogP contribution in [0.3, 0.4) is 0 Å². The quantitative estimate of drug-likeness (QED) is 0.801. The van der Waals surface area contributed by atoms with Gasteiger partial charge in [0.15, 0.2) is 0 Å². The van der Waals surface area contributed by atoms with E-state index >= 15 is 0 Å².